The van der Waals surface area contributed by atoms with Gasteiger partial charge in [0.25, 0.3) is 0 Å². The van der Waals surface area contributed by atoms with Gasteiger partial charge in [0.2, 0.25) is 5.75 Å². The Morgan fingerprint density at radius 1 is 1.00 bits per heavy atom. The number of rotatable bonds is 9. The van der Waals surface area contributed by atoms with E-state index in [1.165, 1.54) is 11.3 Å². The summed E-state index contributed by atoms with van der Waals surface area (Å²) in [6.45, 7) is 4.78. The maximum absolute atomic E-state index is 5.87. The van der Waals surface area contributed by atoms with Gasteiger partial charge in [-0.25, -0.2) is 0 Å². The Kier molecular flexibility index (Phi) is 8.47. The van der Waals surface area contributed by atoms with Gasteiger partial charge in [-0.15, -0.1) is 0 Å². The van der Waals surface area contributed by atoms with Crippen molar-refractivity contribution < 1.29 is 26.6 Å². The van der Waals surface area contributed by atoms with Crippen molar-refractivity contribution in [2.45, 2.75) is 39.5 Å². The second-order valence-corrected chi connectivity index (χ2v) is 5.56. The molecule has 1 N–H and O–H groups in total. The number of unbranched alkanes of at least 4 members (excludes halogenated alkanes) is 2. The molecule has 1 aromatic heterocycles. The SMILES string of the molecule is COc1cccc(OC)c1OCCCCCc1c(C)n[nH]c1C.[Cl-]. The lowest BCUT2D eigenvalue weighted by Crippen LogP contribution is -3.00. The van der Waals surface area contributed by atoms with E-state index in [0.29, 0.717) is 23.9 Å². The van der Waals surface area contributed by atoms with Crippen LogP contribution in [0.3, 0.4) is 0 Å². The van der Waals surface area contributed by atoms with E-state index < -0.39 is 0 Å². The lowest BCUT2D eigenvalue weighted by atomic mass is 10.1. The zero-order valence-electron chi connectivity index (χ0n) is 14.8. The number of hydrogen-bond donors (Lipinski definition) is 1. The lowest BCUT2D eigenvalue weighted by molar-refractivity contribution is -0.00000592. The molecule has 5 nitrogen and oxygen atoms in total. The molecule has 0 aliphatic carbocycles. The summed E-state index contributed by atoms with van der Waals surface area (Å²) in [5.41, 5.74) is 3.63. The van der Waals surface area contributed by atoms with Gasteiger partial charge in [0.15, 0.2) is 11.5 Å². The minimum atomic E-state index is 0. The summed E-state index contributed by atoms with van der Waals surface area (Å²) < 4.78 is 16.5. The molecule has 134 valence electrons. The molecule has 1 aromatic carbocycles. The molecule has 0 aliphatic rings. The van der Waals surface area contributed by atoms with Crippen molar-refractivity contribution in [3.05, 3.63) is 35.2 Å². The predicted molar refractivity (Wildman–Crippen MR) is 90.7 cm³/mol. The van der Waals surface area contributed by atoms with Crippen molar-refractivity contribution >= 4 is 0 Å². The number of methoxy groups -OCH3 is 2. The van der Waals surface area contributed by atoms with Gasteiger partial charge in [-0.1, -0.05) is 6.07 Å². The van der Waals surface area contributed by atoms with Gasteiger partial charge >= 0.3 is 0 Å². The van der Waals surface area contributed by atoms with Gasteiger partial charge in [0, 0.05) is 5.69 Å². The number of para-hydroxylation sites is 1. The first-order valence-electron chi connectivity index (χ1n) is 8.01. The third kappa shape index (κ3) is 5.06. The van der Waals surface area contributed by atoms with Crippen LogP contribution in [0.4, 0.5) is 0 Å². The van der Waals surface area contributed by atoms with Crippen LogP contribution in [0.5, 0.6) is 17.2 Å². The maximum Gasteiger partial charge on any atom is 0.203 e. The average Bonchev–Trinajstić information content (AvgIpc) is 2.89. The zero-order valence-corrected chi connectivity index (χ0v) is 15.6. The van der Waals surface area contributed by atoms with Crippen LogP contribution in [0.2, 0.25) is 0 Å². The number of aromatic amines is 1. The molecule has 0 saturated carbocycles. The Balaban J connectivity index is 0.00000288. The van der Waals surface area contributed by atoms with Crippen molar-refractivity contribution in [3.63, 3.8) is 0 Å². The monoisotopic (exact) mass is 353 g/mol. The second-order valence-electron chi connectivity index (χ2n) is 5.56. The number of ether oxygens (including phenoxy) is 3. The van der Waals surface area contributed by atoms with E-state index >= 15 is 0 Å². The highest BCUT2D eigenvalue weighted by atomic mass is 35.5. The number of halogens is 1. The molecule has 0 atom stereocenters. The van der Waals surface area contributed by atoms with Crippen LogP contribution in [0.25, 0.3) is 0 Å². The van der Waals surface area contributed by atoms with E-state index in [0.717, 1.165) is 31.4 Å². The molecule has 1 heterocycles. The minimum Gasteiger partial charge on any atom is -1.00 e. The van der Waals surface area contributed by atoms with Crippen LogP contribution >= 0.6 is 0 Å². The summed E-state index contributed by atoms with van der Waals surface area (Å²) in [6, 6.07) is 5.64. The maximum atomic E-state index is 5.87. The van der Waals surface area contributed by atoms with Gasteiger partial charge in [0.1, 0.15) is 0 Å². The number of nitrogens with one attached hydrogen (secondary N) is 1. The highest BCUT2D eigenvalue weighted by molar-refractivity contribution is 5.51. The summed E-state index contributed by atoms with van der Waals surface area (Å²) in [5.74, 6) is 2.09. The highest BCUT2D eigenvalue weighted by Gasteiger charge is 2.11. The van der Waals surface area contributed by atoms with Gasteiger partial charge in [-0.2, -0.15) is 5.10 Å². The number of H-pyrrole nitrogens is 1. The smallest absolute Gasteiger partial charge is 0.203 e. The van der Waals surface area contributed by atoms with E-state index in [4.69, 9.17) is 14.2 Å². The van der Waals surface area contributed by atoms with Crippen LogP contribution < -0.4 is 26.6 Å². The largest absolute Gasteiger partial charge is 1.00 e. The molecule has 0 aliphatic heterocycles. The summed E-state index contributed by atoms with van der Waals surface area (Å²) in [6.07, 6.45) is 4.30. The van der Waals surface area contributed by atoms with Crippen LogP contribution in [-0.2, 0) is 6.42 Å². The first-order chi connectivity index (χ1) is 11.2. The van der Waals surface area contributed by atoms with E-state index in [-0.39, 0.29) is 12.4 Å². The minimum absolute atomic E-state index is 0. The molecule has 2 rings (SSSR count). The number of hydrogen-bond acceptors (Lipinski definition) is 4. The molecule has 0 saturated heterocycles. The van der Waals surface area contributed by atoms with Crippen LogP contribution in [0.1, 0.15) is 36.2 Å². The second kappa shape index (κ2) is 10.1. The van der Waals surface area contributed by atoms with E-state index in [1.54, 1.807) is 14.2 Å². The molecule has 0 unspecified atom stereocenters. The molecule has 0 radical (unpaired) electrons. The standard InChI is InChI=1S/C18H26N2O3.ClH/c1-13-15(14(2)20-19-13)9-6-5-7-12-23-18-16(21-3)10-8-11-17(18)22-4;/h8,10-11H,5-7,9,12H2,1-4H3,(H,19,20);1H/p-1. The first kappa shape index (κ1) is 20.2. The molecule has 0 amide bonds. The van der Waals surface area contributed by atoms with Gasteiger partial charge in [0.05, 0.1) is 26.5 Å². The molecule has 2 aromatic rings. The Hall–Kier alpha value is -1.88. The quantitative estimate of drug-likeness (QED) is 0.679. The topological polar surface area (TPSA) is 56.4 Å². The van der Waals surface area contributed by atoms with Crippen molar-refractivity contribution in [3.8, 4) is 17.2 Å². The van der Waals surface area contributed by atoms with Crippen molar-refractivity contribution in [1.29, 1.82) is 0 Å². The first-order valence-corrected chi connectivity index (χ1v) is 8.01. The number of nitrogens with zero attached hydrogens (tertiary/aromatic N) is 1. The van der Waals surface area contributed by atoms with Crippen LogP contribution in [-0.4, -0.2) is 31.0 Å². The lowest BCUT2D eigenvalue weighted by Gasteiger charge is -2.14. The fourth-order valence-electron chi connectivity index (χ4n) is 2.66. The van der Waals surface area contributed by atoms with E-state index in [1.807, 2.05) is 18.2 Å². The Morgan fingerprint density at radius 3 is 2.21 bits per heavy atom. The Morgan fingerprint density at radius 2 is 1.67 bits per heavy atom. The zero-order chi connectivity index (χ0) is 16.7. The van der Waals surface area contributed by atoms with E-state index in [9.17, 15) is 0 Å². The van der Waals surface area contributed by atoms with Gasteiger partial charge in [-0.05, 0) is 57.2 Å². The number of benzene rings is 1. The summed E-state index contributed by atoms with van der Waals surface area (Å²) in [4.78, 5) is 0. The average molecular weight is 354 g/mol. The van der Waals surface area contributed by atoms with Crippen molar-refractivity contribution in [2.75, 3.05) is 20.8 Å². The van der Waals surface area contributed by atoms with E-state index in [2.05, 4.69) is 24.0 Å². The number of aromatic nitrogens is 2. The molecule has 0 spiro atoms. The third-order valence-electron chi connectivity index (χ3n) is 3.98. The van der Waals surface area contributed by atoms with Crippen molar-refractivity contribution in [1.82, 2.24) is 10.2 Å². The molecule has 0 fully saturated rings. The molecular formula is C18H26ClN2O3-. The predicted octanol–water partition coefficient (Wildman–Crippen LogP) is 0.840. The summed E-state index contributed by atoms with van der Waals surface area (Å²) in [7, 11) is 3.27. The van der Waals surface area contributed by atoms with Crippen molar-refractivity contribution in [2.24, 2.45) is 0 Å². The Labute approximate surface area is 150 Å². The molecule has 6 heteroatoms. The molecule has 24 heavy (non-hydrogen) atoms. The summed E-state index contributed by atoms with van der Waals surface area (Å²) in [5, 5.41) is 7.26. The molecule has 0 bridgehead atoms. The molecular weight excluding hydrogens is 328 g/mol. The van der Waals surface area contributed by atoms with Gasteiger partial charge < -0.3 is 26.6 Å². The number of aryl methyl sites for hydroxylation is 2. The van der Waals surface area contributed by atoms with Gasteiger partial charge in [-0.3, -0.25) is 5.10 Å². The van der Waals surface area contributed by atoms with Crippen LogP contribution in [0.15, 0.2) is 18.2 Å². The fraction of sp³-hybridized carbons (Fsp3) is 0.500. The summed E-state index contributed by atoms with van der Waals surface area (Å²) >= 11 is 0. The van der Waals surface area contributed by atoms with Crippen LogP contribution in [0, 0.1) is 13.8 Å². The Bertz CT molecular complexity index is 587. The highest BCUT2D eigenvalue weighted by Crippen LogP contribution is 2.36. The normalized spacial score (nSPS) is 10.2. The fourth-order valence-corrected chi connectivity index (χ4v) is 2.66. The third-order valence-corrected chi connectivity index (χ3v) is 3.98.